The maximum absolute atomic E-state index is 6.97. The van der Waals surface area contributed by atoms with Gasteiger partial charge in [-0.15, -0.1) is 0 Å². The van der Waals surface area contributed by atoms with Crippen molar-refractivity contribution in [1.29, 1.82) is 0 Å². The van der Waals surface area contributed by atoms with E-state index in [1.165, 1.54) is 50.1 Å². The van der Waals surface area contributed by atoms with Crippen molar-refractivity contribution in [2.75, 3.05) is 0 Å². The molecule has 134 valence electrons. The molecule has 0 atom stereocenters. The maximum atomic E-state index is 6.97. The van der Waals surface area contributed by atoms with E-state index in [1.807, 2.05) is 0 Å². The molecule has 3 aromatic rings. The second-order valence-electron chi connectivity index (χ2n) is 7.90. The largest absolute Gasteiger partial charge is 0.473 e. The predicted octanol–water partition coefficient (Wildman–Crippen LogP) is 6.17. The zero-order valence-corrected chi connectivity index (χ0v) is 16.4. The van der Waals surface area contributed by atoms with Crippen LogP contribution in [0.15, 0.2) is 54.6 Å². The van der Waals surface area contributed by atoms with E-state index in [4.69, 9.17) is 4.74 Å². The lowest BCUT2D eigenvalue weighted by atomic mass is 9.73. The third-order valence-electron chi connectivity index (χ3n) is 6.64. The summed E-state index contributed by atoms with van der Waals surface area (Å²) in [5.41, 5.74) is 11.2. The fourth-order valence-electron chi connectivity index (χ4n) is 4.75. The van der Waals surface area contributed by atoms with Gasteiger partial charge in [-0.1, -0.05) is 54.6 Å². The summed E-state index contributed by atoms with van der Waals surface area (Å²) in [7, 11) is 0. The summed E-state index contributed by atoms with van der Waals surface area (Å²) in [5, 5.41) is 0. The Morgan fingerprint density at radius 3 is 1.89 bits per heavy atom. The lowest BCUT2D eigenvalue weighted by Crippen LogP contribution is -2.39. The first kappa shape index (κ1) is 16.4. The lowest BCUT2D eigenvalue weighted by molar-refractivity contribution is 0.155. The van der Waals surface area contributed by atoms with Gasteiger partial charge in [0.05, 0.1) is 0 Å². The van der Waals surface area contributed by atoms with Crippen LogP contribution in [0, 0.1) is 27.7 Å². The third kappa shape index (κ3) is 2.12. The zero-order chi connectivity index (χ0) is 18.8. The van der Waals surface area contributed by atoms with E-state index in [0.29, 0.717) is 0 Å². The van der Waals surface area contributed by atoms with E-state index < -0.39 is 5.60 Å². The molecule has 0 fully saturated rings. The summed E-state index contributed by atoms with van der Waals surface area (Å²) < 4.78 is 6.97. The van der Waals surface area contributed by atoms with Crippen LogP contribution in [0.3, 0.4) is 0 Å². The van der Waals surface area contributed by atoms with Crippen molar-refractivity contribution in [2.24, 2.45) is 0 Å². The second-order valence-corrected chi connectivity index (χ2v) is 7.90. The molecule has 0 bridgehead atoms. The Labute approximate surface area is 161 Å². The van der Waals surface area contributed by atoms with Crippen LogP contribution in [0.2, 0.25) is 0 Å². The molecule has 1 spiro atoms. The second kappa shape index (κ2) is 5.60. The normalized spacial score (nSPS) is 15.7. The average molecular weight is 352 g/mol. The molecule has 1 nitrogen and oxygen atoms in total. The van der Waals surface area contributed by atoms with E-state index in [0.717, 1.165) is 12.2 Å². The molecule has 0 aromatic heterocycles. The highest BCUT2D eigenvalue weighted by molar-refractivity contribution is 5.72. The van der Waals surface area contributed by atoms with E-state index >= 15 is 0 Å². The van der Waals surface area contributed by atoms with Crippen molar-refractivity contribution in [3.05, 3.63) is 105 Å². The minimum Gasteiger partial charge on any atom is -0.473 e. The Morgan fingerprint density at radius 1 is 0.704 bits per heavy atom. The number of hydrogen-bond donors (Lipinski definition) is 0. The molecule has 5 rings (SSSR count). The number of hydrogen-bond acceptors (Lipinski definition) is 1. The molecule has 0 amide bonds. The number of rotatable bonds is 0. The highest BCUT2D eigenvalue weighted by atomic mass is 16.5. The van der Waals surface area contributed by atoms with Gasteiger partial charge in [-0.2, -0.15) is 0 Å². The lowest BCUT2D eigenvalue weighted by Gasteiger charge is -2.42. The summed E-state index contributed by atoms with van der Waals surface area (Å²) in [6.45, 7) is 8.81. The Hall–Kier alpha value is -2.80. The van der Waals surface area contributed by atoms with Gasteiger partial charge < -0.3 is 4.74 Å². The topological polar surface area (TPSA) is 9.23 Å². The molecule has 0 radical (unpaired) electrons. The molecule has 1 heterocycles. The smallest absolute Gasteiger partial charge is 0.178 e. The molecule has 1 aliphatic carbocycles. The number of benzene rings is 3. The van der Waals surface area contributed by atoms with Crippen LogP contribution in [0.1, 0.15) is 50.1 Å². The Morgan fingerprint density at radius 2 is 1.26 bits per heavy atom. The van der Waals surface area contributed by atoms with Gasteiger partial charge in [0.15, 0.2) is 5.60 Å². The van der Waals surface area contributed by atoms with E-state index in [1.54, 1.807) is 0 Å². The quantitative estimate of drug-likeness (QED) is 0.470. The van der Waals surface area contributed by atoms with Gasteiger partial charge >= 0.3 is 0 Å². The van der Waals surface area contributed by atoms with Crippen LogP contribution in [0.5, 0.6) is 5.75 Å². The molecule has 0 saturated carbocycles. The minimum atomic E-state index is -0.544. The Balaban J connectivity index is 1.82. The van der Waals surface area contributed by atoms with Crippen molar-refractivity contribution in [3.8, 4) is 5.75 Å². The monoisotopic (exact) mass is 352 g/mol. The molecule has 0 N–H and O–H groups in total. The fraction of sp³-hybridized carbons (Fsp3) is 0.231. The highest BCUT2D eigenvalue weighted by Gasteiger charge is 2.43. The Kier molecular flexibility index (Phi) is 3.40. The summed E-state index contributed by atoms with van der Waals surface area (Å²) in [4.78, 5) is 0. The number of ether oxygens (including phenoxy) is 1. The summed E-state index contributed by atoms with van der Waals surface area (Å²) in [5.74, 6) is 1.03. The van der Waals surface area contributed by atoms with Crippen molar-refractivity contribution in [1.82, 2.24) is 0 Å². The standard InChI is InChI=1S/C26H24O/c1-16-17(2)19(4)25-22(18(16)3)13-14-26(27-25)23-11-7-5-9-20(23)15-21-10-6-8-12-24(21)26/h5-14H,15H2,1-4H3. The van der Waals surface area contributed by atoms with Crippen LogP contribution >= 0.6 is 0 Å². The van der Waals surface area contributed by atoms with E-state index in [2.05, 4.69) is 88.4 Å². The van der Waals surface area contributed by atoms with Crippen LogP contribution in [0.4, 0.5) is 0 Å². The molecule has 2 aliphatic rings. The van der Waals surface area contributed by atoms with Crippen molar-refractivity contribution < 1.29 is 4.74 Å². The summed E-state index contributed by atoms with van der Waals surface area (Å²) in [6.07, 6.45) is 5.52. The molecule has 27 heavy (non-hydrogen) atoms. The maximum Gasteiger partial charge on any atom is 0.178 e. The van der Waals surface area contributed by atoms with Crippen LogP contribution in [0.25, 0.3) is 6.08 Å². The highest BCUT2D eigenvalue weighted by Crippen LogP contribution is 2.49. The van der Waals surface area contributed by atoms with Crippen molar-refractivity contribution in [3.63, 3.8) is 0 Å². The van der Waals surface area contributed by atoms with Crippen LogP contribution in [-0.4, -0.2) is 0 Å². The van der Waals surface area contributed by atoms with Gasteiger partial charge in [0.25, 0.3) is 0 Å². The summed E-state index contributed by atoms with van der Waals surface area (Å²) in [6, 6.07) is 17.4. The van der Waals surface area contributed by atoms with Gasteiger partial charge in [-0.25, -0.2) is 0 Å². The third-order valence-corrected chi connectivity index (χ3v) is 6.64. The molecule has 3 aromatic carbocycles. The first-order valence-corrected chi connectivity index (χ1v) is 9.68. The molecule has 1 aliphatic heterocycles. The molecule has 0 saturated heterocycles. The fourth-order valence-corrected chi connectivity index (χ4v) is 4.75. The van der Waals surface area contributed by atoms with Crippen molar-refractivity contribution >= 4 is 6.08 Å². The molecular formula is C26H24O. The minimum absolute atomic E-state index is 0.544. The van der Waals surface area contributed by atoms with Gasteiger partial charge in [-0.3, -0.25) is 0 Å². The van der Waals surface area contributed by atoms with E-state index in [9.17, 15) is 0 Å². The predicted molar refractivity (Wildman–Crippen MR) is 112 cm³/mol. The first-order valence-electron chi connectivity index (χ1n) is 9.68. The van der Waals surface area contributed by atoms with Crippen LogP contribution < -0.4 is 4.74 Å². The Bertz CT molecular complexity index is 1070. The summed E-state index contributed by atoms with van der Waals surface area (Å²) >= 11 is 0. The molecular weight excluding hydrogens is 328 g/mol. The molecule has 1 heteroatoms. The first-order chi connectivity index (χ1) is 13.0. The van der Waals surface area contributed by atoms with Gasteiger partial charge in [-0.05, 0) is 73.6 Å². The van der Waals surface area contributed by atoms with Gasteiger partial charge in [0.2, 0.25) is 0 Å². The zero-order valence-electron chi connectivity index (χ0n) is 16.4. The molecule has 0 unspecified atom stereocenters. The number of fused-ring (bicyclic) bond motifs is 5. The van der Waals surface area contributed by atoms with Crippen molar-refractivity contribution in [2.45, 2.75) is 39.7 Å². The average Bonchev–Trinajstić information content (AvgIpc) is 2.71. The van der Waals surface area contributed by atoms with Gasteiger partial charge in [0, 0.05) is 16.7 Å². The van der Waals surface area contributed by atoms with E-state index in [-0.39, 0.29) is 0 Å². The van der Waals surface area contributed by atoms with Crippen LogP contribution in [-0.2, 0) is 12.0 Å². The van der Waals surface area contributed by atoms with Gasteiger partial charge in [0.1, 0.15) is 5.75 Å². The SMILES string of the molecule is Cc1c(C)c(C)c2c(c1C)C=CC1(O2)c2ccccc2Cc2ccccc21.